The summed E-state index contributed by atoms with van der Waals surface area (Å²) in [6, 6.07) is 6.46. The Labute approximate surface area is 131 Å². The van der Waals surface area contributed by atoms with Crippen molar-refractivity contribution in [3.63, 3.8) is 0 Å². The quantitative estimate of drug-likeness (QED) is 0.929. The first-order valence-corrected chi connectivity index (χ1v) is 8.31. The number of aliphatic hydroxyl groups is 1. The van der Waals surface area contributed by atoms with Gasteiger partial charge >= 0.3 is 0 Å². The smallest absolute Gasteiger partial charge is 0.226 e. The normalized spacial score (nSPS) is 29.2. The third kappa shape index (κ3) is 3.02. The monoisotopic (exact) mass is 305 g/mol. The predicted octanol–water partition coefficient (Wildman–Crippen LogP) is 3.43. The number of benzene rings is 1. The minimum atomic E-state index is -0.932. The minimum absolute atomic E-state index is 0.00124. The summed E-state index contributed by atoms with van der Waals surface area (Å²) in [5, 5.41) is 10.2. The van der Waals surface area contributed by atoms with Crippen LogP contribution in [0.25, 0.3) is 0 Å². The second-order valence-corrected chi connectivity index (χ2v) is 6.77. The molecule has 4 unspecified atom stereocenters. The first-order chi connectivity index (χ1) is 10.6. The summed E-state index contributed by atoms with van der Waals surface area (Å²) in [6.07, 6.45) is 4.93. The van der Waals surface area contributed by atoms with Crippen molar-refractivity contribution in [3.8, 4) is 0 Å². The summed E-state index contributed by atoms with van der Waals surface area (Å²) in [4.78, 5) is 14.6. The maximum absolute atomic E-state index is 13.2. The van der Waals surface area contributed by atoms with E-state index in [4.69, 9.17) is 0 Å². The summed E-state index contributed by atoms with van der Waals surface area (Å²) in [5.41, 5.74) is 0.473. The molecule has 1 N–H and O–H groups in total. The number of hydrogen-bond acceptors (Lipinski definition) is 2. The Balaban J connectivity index is 1.68. The molecule has 0 bridgehead atoms. The van der Waals surface area contributed by atoms with E-state index >= 15 is 0 Å². The van der Waals surface area contributed by atoms with Gasteiger partial charge in [0, 0.05) is 12.1 Å². The molecule has 0 aromatic heterocycles. The van der Waals surface area contributed by atoms with Crippen molar-refractivity contribution in [2.75, 3.05) is 0 Å². The largest absolute Gasteiger partial charge is 0.388 e. The number of likely N-dealkylation sites (tertiary alicyclic amines) is 1. The summed E-state index contributed by atoms with van der Waals surface area (Å²) < 4.78 is 13.2. The Morgan fingerprint density at radius 3 is 2.95 bits per heavy atom. The van der Waals surface area contributed by atoms with Crippen LogP contribution in [0.15, 0.2) is 24.3 Å². The van der Waals surface area contributed by atoms with Crippen LogP contribution in [0.2, 0.25) is 0 Å². The molecule has 3 rings (SSSR count). The Bertz CT molecular complexity index is 548. The standard InChI is InChI=1S/C18H24FNO2/c1-12-9-13-5-2-3-8-16(13)20(12)18(22)11-17(21)14-6-4-7-15(19)10-14/h4,6-7,10,12-13,16-17,21H,2-3,5,8-9,11H2,1H3. The molecular formula is C18H24FNO2. The zero-order chi connectivity index (χ0) is 15.7. The van der Waals surface area contributed by atoms with Crippen LogP contribution in [-0.2, 0) is 4.79 Å². The second-order valence-electron chi connectivity index (χ2n) is 6.77. The van der Waals surface area contributed by atoms with Gasteiger partial charge in [-0.1, -0.05) is 25.0 Å². The van der Waals surface area contributed by atoms with Gasteiger partial charge in [0.05, 0.1) is 12.5 Å². The number of nitrogens with zero attached hydrogens (tertiary/aromatic N) is 1. The van der Waals surface area contributed by atoms with Crippen LogP contribution in [-0.4, -0.2) is 28.0 Å². The number of carbonyl (C=O) groups excluding carboxylic acids is 1. The number of aliphatic hydroxyl groups excluding tert-OH is 1. The molecule has 0 spiro atoms. The van der Waals surface area contributed by atoms with Crippen LogP contribution in [0.5, 0.6) is 0 Å². The lowest BCUT2D eigenvalue weighted by molar-refractivity contribution is -0.136. The molecule has 1 aliphatic heterocycles. The van der Waals surface area contributed by atoms with E-state index in [9.17, 15) is 14.3 Å². The highest BCUT2D eigenvalue weighted by atomic mass is 19.1. The van der Waals surface area contributed by atoms with Crippen molar-refractivity contribution in [2.24, 2.45) is 5.92 Å². The van der Waals surface area contributed by atoms with Gasteiger partial charge < -0.3 is 10.0 Å². The molecule has 3 nitrogen and oxygen atoms in total. The highest BCUT2D eigenvalue weighted by Gasteiger charge is 2.42. The molecular weight excluding hydrogens is 281 g/mol. The van der Waals surface area contributed by atoms with Crippen molar-refractivity contribution in [2.45, 2.75) is 63.6 Å². The first-order valence-electron chi connectivity index (χ1n) is 8.31. The zero-order valence-corrected chi connectivity index (χ0v) is 13.0. The molecule has 1 aromatic carbocycles. The Morgan fingerprint density at radius 2 is 2.18 bits per heavy atom. The topological polar surface area (TPSA) is 40.5 Å². The maximum Gasteiger partial charge on any atom is 0.226 e. The molecule has 22 heavy (non-hydrogen) atoms. The third-order valence-electron chi connectivity index (χ3n) is 5.23. The molecule has 1 aliphatic carbocycles. The number of amides is 1. The van der Waals surface area contributed by atoms with Gasteiger partial charge in [-0.3, -0.25) is 4.79 Å². The van der Waals surface area contributed by atoms with E-state index in [1.165, 1.54) is 31.4 Å². The van der Waals surface area contributed by atoms with Crippen LogP contribution in [0.1, 0.15) is 57.1 Å². The number of halogens is 1. The van der Waals surface area contributed by atoms with Crippen molar-refractivity contribution in [3.05, 3.63) is 35.6 Å². The fourth-order valence-corrected chi connectivity index (χ4v) is 4.24. The van der Waals surface area contributed by atoms with E-state index in [0.717, 1.165) is 12.8 Å². The SMILES string of the molecule is CC1CC2CCCCC2N1C(=O)CC(O)c1cccc(F)c1. The molecule has 4 atom stereocenters. The Kier molecular flexibility index (Phi) is 4.48. The van der Waals surface area contributed by atoms with E-state index < -0.39 is 6.10 Å². The van der Waals surface area contributed by atoms with Gasteiger partial charge in [0.25, 0.3) is 0 Å². The van der Waals surface area contributed by atoms with Crippen molar-refractivity contribution in [1.82, 2.24) is 4.90 Å². The van der Waals surface area contributed by atoms with Crippen LogP contribution in [0.3, 0.4) is 0 Å². The molecule has 1 saturated carbocycles. The summed E-state index contributed by atoms with van der Waals surface area (Å²) in [6.45, 7) is 2.10. The highest BCUT2D eigenvalue weighted by molar-refractivity contribution is 5.78. The van der Waals surface area contributed by atoms with Gasteiger partial charge in [0.15, 0.2) is 0 Å². The second kappa shape index (κ2) is 6.37. The zero-order valence-electron chi connectivity index (χ0n) is 13.0. The molecule has 1 heterocycles. The Hall–Kier alpha value is -1.42. The molecule has 2 fully saturated rings. The van der Waals surface area contributed by atoms with Crippen molar-refractivity contribution in [1.29, 1.82) is 0 Å². The van der Waals surface area contributed by atoms with E-state index in [1.807, 2.05) is 4.90 Å². The summed E-state index contributed by atoms with van der Waals surface area (Å²) in [5.74, 6) is 0.239. The van der Waals surface area contributed by atoms with Crippen LogP contribution in [0.4, 0.5) is 4.39 Å². The van der Waals surface area contributed by atoms with Gasteiger partial charge in [-0.15, -0.1) is 0 Å². The predicted molar refractivity (Wildman–Crippen MR) is 82.6 cm³/mol. The Morgan fingerprint density at radius 1 is 1.41 bits per heavy atom. The van der Waals surface area contributed by atoms with Gasteiger partial charge in [0.2, 0.25) is 5.91 Å². The lowest BCUT2D eigenvalue weighted by Gasteiger charge is -2.33. The minimum Gasteiger partial charge on any atom is -0.388 e. The van der Waals surface area contributed by atoms with Gasteiger partial charge in [0.1, 0.15) is 5.82 Å². The summed E-state index contributed by atoms with van der Waals surface area (Å²) >= 11 is 0. The van der Waals surface area contributed by atoms with Crippen LogP contribution >= 0.6 is 0 Å². The van der Waals surface area contributed by atoms with Crippen LogP contribution < -0.4 is 0 Å². The average Bonchev–Trinajstić information content (AvgIpc) is 2.83. The third-order valence-corrected chi connectivity index (χ3v) is 5.23. The summed E-state index contributed by atoms with van der Waals surface area (Å²) in [7, 11) is 0. The average molecular weight is 305 g/mol. The fourth-order valence-electron chi connectivity index (χ4n) is 4.24. The van der Waals surface area contributed by atoms with Crippen LogP contribution in [0, 0.1) is 11.7 Å². The number of carbonyl (C=O) groups is 1. The number of fused-ring (bicyclic) bond motifs is 1. The maximum atomic E-state index is 13.2. The van der Waals surface area contributed by atoms with E-state index in [-0.39, 0.29) is 24.2 Å². The molecule has 1 saturated heterocycles. The first kappa shape index (κ1) is 15.5. The fraction of sp³-hybridized carbons (Fsp3) is 0.611. The van der Waals surface area contributed by atoms with Crippen molar-refractivity contribution < 1.29 is 14.3 Å². The molecule has 120 valence electrons. The van der Waals surface area contributed by atoms with Gasteiger partial charge in [-0.05, 0) is 49.8 Å². The van der Waals surface area contributed by atoms with Crippen molar-refractivity contribution >= 4 is 5.91 Å². The lowest BCUT2D eigenvalue weighted by atomic mass is 9.85. The molecule has 0 radical (unpaired) electrons. The van der Waals surface area contributed by atoms with Gasteiger partial charge in [-0.2, -0.15) is 0 Å². The highest BCUT2D eigenvalue weighted by Crippen LogP contribution is 2.40. The molecule has 4 heteroatoms. The van der Waals surface area contributed by atoms with Gasteiger partial charge in [-0.25, -0.2) is 4.39 Å². The van der Waals surface area contributed by atoms with E-state index in [0.29, 0.717) is 17.5 Å². The number of hydrogen-bond donors (Lipinski definition) is 1. The van der Waals surface area contributed by atoms with E-state index in [1.54, 1.807) is 12.1 Å². The van der Waals surface area contributed by atoms with E-state index in [2.05, 4.69) is 6.92 Å². The number of rotatable bonds is 3. The lowest BCUT2D eigenvalue weighted by Crippen LogP contribution is -2.42. The molecule has 2 aliphatic rings. The molecule has 1 amide bonds. The molecule has 1 aromatic rings.